The lowest BCUT2D eigenvalue weighted by molar-refractivity contribution is -0.139. The zero-order valence-corrected chi connectivity index (χ0v) is 10.4. The third-order valence-corrected chi connectivity index (χ3v) is 2.51. The van der Waals surface area contributed by atoms with E-state index in [1.165, 1.54) is 0 Å². The van der Waals surface area contributed by atoms with E-state index in [1.807, 2.05) is 0 Å². The molecule has 0 bridgehead atoms. The zero-order valence-electron chi connectivity index (χ0n) is 8.81. The van der Waals surface area contributed by atoms with Crippen LogP contribution in [0.25, 0.3) is 0 Å². The van der Waals surface area contributed by atoms with Gasteiger partial charge in [-0.15, -0.1) is 12.3 Å². The Balaban J connectivity index is 2.78. The largest absolute Gasteiger partial charge is 0.480 e. The van der Waals surface area contributed by atoms with E-state index in [4.69, 9.17) is 11.5 Å². The van der Waals surface area contributed by atoms with Crippen molar-refractivity contribution >= 4 is 27.8 Å². The molecule has 1 unspecified atom stereocenters. The molecule has 1 aromatic carbocycles. The van der Waals surface area contributed by atoms with Crippen molar-refractivity contribution in [2.45, 2.75) is 12.5 Å². The normalized spacial score (nSPS) is 11.3. The molecule has 0 heterocycles. The molecule has 0 fully saturated rings. The maximum absolute atomic E-state index is 11.7. The second kappa shape index (κ2) is 6.06. The molecule has 0 saturated carbocycles. The quantitative estimate of drug-likeness (QED) is 0.830. The standard InChI is InChI=1S/C12H10BrNO3/c1-2-4-10(12(16)17)14-11(15)8-5-3-6-9(13)7-8/h1,3,5-7,10H,4H2,(H,14,15)(H,16,17). The lowest BCUT2D eigenvalue weighted by Crippen LogP contribution is -2.40. The number of rotatable bonds is 4. The Morgan fingerprint density at radius 2 is 2.24 bits per heavy atom. The number of terminal acetylenes is 1. The number of amides is 1. The summed E-state index contributed by atoms with van der Waals surface area (Å²) in [4.78, 5) is 22.5. The third kappa shape index (κ3) is 3.93. The molecule has 4 nitrogen and oxygen atoms in total. The van der Waals surface area contributed by atoms with Crippen LogP contribution >= 0.6 is 15.9 Å². The predicted molar refractivity (Wildman–Crippen MR) is 66.5 cm³/mol. The number of aliphatic carboxylic acids is 1. The number of halogens is 1. The van der Waals surface area contributed by atoms with Gasteiger partial charge in [-0.1, -0.05) is 22.0 Å². The summed E-state index contributed by atoms with van der Waals surface area (Å²) in [5, 5.41) is 11.2. The third-order valence-electron chi connectivity index (χ3n) is 2.01. The first-order valence-corrected chi connectivity index (χ1v) is 5.56. The van der Waals surface area contributed by atoms with Crippen LogP contribution in [0, 0.1) is 12.3 Å². The molecule has 17 heavy (non-hydrogen) atoms. The number of carboxylic acids is 1. The first-order valence-electron chi connectivity index (χ1n) is 4.77. The van der Waals surface area contributed by atoms with Crippen molar-refractivity contribution in [3.05, 3.63) is 34.3 Å². The fourth-order valence-corrected chi connectivity index (χ4v) is 1.59. The van der Waals surface area contributed by atoms with E-state index < -0.39 is 17.9 Å². The van der Waals surface area contributed by atoms with Gasteiger partial charge >= 0.3 is 5.97 Å². The minimum absolute atomic E-state index is 0.0466. The number of hydrogen-bond acceptors (Lipinski definition) is 2. The maximum atomic E-state index is 11.7. The Morgan fingerprint density at radius 3 is 2.76 bits per heavy atom. The van der Waals surface area contributed by atoms with E-state index in [1.54, 1.807) is 24.3 Å². The first-order chi connectivity index (χ1) is 8.04. The number of nitrogens with one attached hydrogen (secondary N) is 1. The topological polar surface area (TPSA) is 66.4 Å². The zero-order chi connectivity index (χ0) is 12.8. The summed E-state index contributed by atoms with van der Waals surface area (Å²) in [6, 6.07) is 5.59. The van der Waals surface area contributed by atoms with Crippen molar-refractivity contribution in [1.29, 1.82) is 0 Å². The number of carbonyl (C=O) groups is 2. The Bertz CT molecular complexity index is 479. The lowest BCUT2D eigenvalue weighted by Gasteiger charge is -2.11. The van der Waals surface area contributed by atoms with Crippen LogP contribution in [0.3, 0.4) is 0 Å². The van der Waals surface area contributed by atoms with Gasteiger partial charge in [0.1, 0.15) is 6.04 Å². The lowest BCUT2D eigenvalue weighted by atomic mass is 10.1. The molecule has 2 N–H and O–H groups in total. The molecule has 88 valence electrons. The fraction of sp³-hybridized carbons (Fsp3) is 0.167. The molecule has 1 rings (SSSR count). The van der Waals surface area contributed by atoms with Gasteiger partial charge in [0.05, 0.1) is 0 Å². The van der Waals surface area contributed by atoms with Crippen LogP contribution in [-0.2, 0) is 4.79 Å². The van der Waals surface area contributed by atoms with Gasteiger partial charge in [0.15, 0.2) is 0 Å². The fourth-order valence-electron chi connectivity index (χ4n) is 1.19. The summed E-state index contributed by atoms with van der Waals surface area (Å²) in [7, 11) is 0. The minimum atomic E-state index is -1.15. The highest BCUT2D eigenvalue weighted by Gasteiger charge is 2.19. The Hall–Kier alpha value is -1.80. The van der Waals surface area contributed by atoms with Crippen LogP contribution in [0.1, 0.15) is 16.8 Å². The van der Waals surface area contributed by atoms with Crippen molar-refractivity contribution in [3.8, 4) is 12.3 Å². The predicted octanol–water partition coefficient (Wildman–Crippen LogP) is 1.66. The molecular formula is C12H10BrNO3. The van der Waals surface area contributed by atoms with Crippen molar-refractivity contribution in [3.63, 3.8) is 0 Å². The second-order valence-electron chi connectivity index (χ2n) is 3.28. The van der Waals surface area contributed by atoms with Crippen LogP contribution in [0.5, 0.6) is 0 Å². The van der Waals surface area contributed by atoms with Crippen LogP contribution in [-0.4, -0.2) is 23.0 Å². The van der Waals surface area contributed by atoms with Crippen molar-refractivity contribution in [2.75, 3.05) is 0 Å². The molecule has 0 aliphatic rings. The highest BCUT2D eigenvalue weighted by Crippen LogP contribution is 2.11. The van der Waals surface area contributed by atoms with E-state index in [2.05, 4.69) is 27.2 Å². The molecule has 5 heteroatoms. The minimum Gasteiger partial charge on any atom is -0.480 e. The molecule has 0 saturated heterocycles. The average molecular weight is 296 g/mol. The van der Waals surface area contributed by atoms with Gasteiger partial charge in [-0.3, -0.25) is 4.79 Å². The summed E-state index contributed by atoms with van der Waals surface area (Å²) in [5.41, 5.74) is 0.377. The smallest absolute Gasteiger partial charge is 0.327 e. The van der Waals surface area contributed by atoms with Gasteiger partial charge in [0, 0.05) is 16.5 Å². The number of carbonyl (C=O) groups excluding carboxylic acids is 1. The van der Waals surface area contributed by atoms with Crippen molar-refractivity contribution < 1.29 is 14.7 Å². The van der Waals surface area contributed by atoms with Crippen LogP contribution < -0.4 is 5.32 Å². The van der Waals surface area contributed by atoms with E-state index in [-0.39, 0.29) is 6.42 Å². The highest BCUT2D eigenvalue weighted by molar-refractivity contribution is 9.10. The molecule has 0 aliphatic carbocycles. The summed E-state index contributed by atoms with van der Waals surface area (Å²) in [6.07, 6.45) is 4.99. The number of benzene rings is 1. The summed E-state index contributed by atoms with van der Waals surface area (Å²) >= 11 is 3.23. The molecule has 1 atom stereocenters. The van der Waals surface area contributed by atoms with Crippen LogP contribution in [0.15, 0.2) is 28.7 Å². The number of hydrogen-bond donors (Lipinski definition) is 2. The van der Waals surface area contributed by atoms with Gasteiger partial charge in [0.25, 0.3) is 5.91 Å². The highest BCUT2D eigenvalue weighted by atomic mass is 79.9. The van der Waals surface area contributed by atoms with Crippen LogP contribution in [0.4, 0.5) is 0 Å². The van der Waals surface area contributed by atoms with Gasteiger partial charge in [0.2, 0.25) is 0 Å². The van der Waals surface area contributed by atoms with E-state index in [0.29, 0.717) is 5.56 Å². The van der Waals surface area contributed by atoms with Crippen molar-refractivity contribution in [1.82, 2.24) is 5.32 Å². The van der Waals surface area contributed by atoms with E-state index >= 15 is 0 Å². The molecule has 1 aromatic rings. The average Bonchev–Trinajstić information content (AvgIpc) is 2.28. The maximum Gasteiger partial charge on any atom is 0.327 e. The van der Waals surface area contributed by atoms with Gasteiger partial charge in [-0.05, 0) is 18.2 Å². The van der Waals surface area contributed by atoms with Crippen LogP contribution in [0.2, 0.25) is 0 Å². The molecule has 1 amide bonds. The number of carboxylic acid groups (broad SMARTS) is 1. The van der Waals surface area contributed by atoms with Gasteiger partial charge < -0.3 is 10.4 Å². The SMILES string of the molecule is C#CCC(NC(=O)c1cccc(Br)c1)C(=O)O. The van der Waals surface area contributed by atoms with Crippen molar-refractivity contribution in [2.24, 2.45) is 0 Å². The Morgan fingerprint density at radius 1 is 1.53 bits per heavy atom. The summed E-state index contributed by atoms with van der Waals surface area (Å²) in [6.45, 7) is 0. The Labute approximate surface area is 107 Å². The molecule has 0 aliphatic heterocycles. The summed E-state index contributed by atoms with van der Waals surface area (Å²) in [5.74, 6) is 0.602. The molecular weight excluding hydrogens is 286 g/mol. The van der Waals surface area contributed by atoms with Gasteiger partial charge in [-0.2, -0.15) is 0 Å². The Kier molecular flexibility index (Phi) is 4.73. The molecule has 0 spiro atoms. The second-order valence-corrected chi connectivity index (χ2v) is 4.20. The van der Waals surface area contributed by atoms with E-state index in [9.17, 15) is 9.59 Å². The first kappa shape index (κ1) is 13.3. The summed E-state index contributed by atoms with van der Waals surface area (Å²) < 4.78 is 0.744. The van der Waals surface area contributed by atoms with Gasteiger partial charge in [-0.25, -0.2) is 4.79 Å². The molecule has 0 aromatic heterocycles. The monoisotopic (exact) mass is 295 g/mol. The van der Waals surface area contributed by atoms with E-state index in [0.717, 1.165) is 4.47 Å². The molecule has 0 radical (unpaired) electrons.